The Morgan fingerprint density at radius 1 is 1.11 bits per heavy atom. The van der Waals surface area contributed by atoms with Crippen LogP contribution >= 0.6 is 11.3 Å². The van der Waals surface area contributed by atoms with E-state index in [-0.39, 0.29) is 5.41 Å². The van der Waals surface area contributed by atoms with Gasteiger partial charge in [-0.25, -0.2) is 13.4 Å². The highest BCUT2D eigenvalue weighted by Crippen LogP contribution is 2.30. The molecule has 19 heavy (non-hydrogen) atoms. The molecule has 0 saturated carbocycles. The molecule has 1 aromatic heterocycles. The van der Waals surface area contributed by atoms with E-state index in [2.05, 4.69) is 25.8 Å². The molecule has 0 atom stereocenters. The van der Waals surface area contributed by atoms with Gasteiger partial charge >= 0.3 is 0 Å². The minimum Gasteiger partial charge on any atom is -0.241 e. The Morgan fingerprint density at radius 3 is 2.11 bits per heavy atom. The zero-order valence-electron chi connectivity index (χ0n) is 11.5. The molecule has 102 valence electrons. The highest BCUT2D eigenvalue weighted by molar-refractivity contribution is 7.90. The summed E-state index contributed by atoms with van der Waals surface area (Å²) in [4.78, 5) is 4.95. The molecule has 0 saturated heterocycles. The van der Waals surface area contributed by atoms with Gasteiger partial charge in [0.2, 0.25) is 0 Å². The normalized spacial score (nSPS) is 12.6. The molecule has 0 bridgehead atoms. The number of nitrogens with zero attached hydrogens (tertiary/aromatic N) is 1. The molecule has 1 heterocycles. The average Bonchev–Trinajstić information content (AvgIpc) is 2.77. The SMILES string of the molecule is CC(C)(C)c1nc(-c2ccc(S(C)(=O)=O)cc2)cs1. The van der Waals surface area contributed by atoms with Crippen molar-refractivity contribution in [3.8, 4) is 11.3 Å². The fourth-order valence-corrected chi connectivity index (χ4v) is 3.17. The maximum absolute atomic E-state index is 11.4. The Morgan fingerprint density at radius 2 is 1.68 bits per heavy atom. The zero-order valence-corrected chi connectivity index (χ0v) is 13.1. The number of hydrogen-bond donors (Lipinski definition) is 0. The van der Waals surface area contributed by atoms with Gasteiger partial charge in [-0.15, -0.1) is 11.3 Å². The average molecular weight is 295 g/mol. The third kappa shape index (κ3) is 3.22. The van der Waals surface area contributed by atoms with Gasteiger partial charge in [0.05, 0.1) is 15.6 Å². The smallest absolute Gasteiger partial charge is 0.175 e. The first-order valence-electron chi connectivity index (χ1n) is 5.94. The molecule has 0 N–H and O–H groups in total. The van der Waals surface area contributed by atoms with Crippen LogP contribution in [-0.2, 0) is 15.3 Å². The van der Waals surface area contributed by atoms with Gasteiger partial charge < -0.3 is 0 Å². The Labute approximate surface area is 118 Å². The summed E-state index contributed by atoms with van der Waals surface area (Å²) in [5, 5.41) is 3.09. The van der Waals surface area contributed by atoms with E-state index < -0.39 is 9.84 Å². The van der Waals surface area contributed by atoms with E-state index >= 15 is 0 Å². The summed E-state index contributed by atoms with van der Waals surface area (Å²) >= 11 is 1.63. The summed E-state index contributed by atoms with van der Waals surface area (Å²) in [6.07, 6.45) is 1.21. The summed E-state index contributed by atoms with van der Waals surface area (Å²) in [7, 11) is -3.14. The molecular weight excluding hydrogens is 278 g/mol. The third-order valence-corrected chi connectivity index (χ3v) is 5.12. The molecule has 0 spiro atoms. The molecule has 0 aliphatic carbocycles. The van der Waals surface area contributed by atoms with Crippen LogP contribution in [0.1, 0.15) is 25.8 Å². The van der Waals surface area contributed by atoms with Gasteiger partial charge in [0, 0.05) is 22.6 Å². The summed E-state index contributed by atoms with van der Waals surface area (Å²) in [5.41, 5.74) is 1.88. The Bertz CT molecular complexity index is 677. The van der Waals surface area contributed by atoms with Crippen molar-refractivity contribution in [3.63, 3.8) is 0 Å². The first-order valence-corrected chi connectivity index (χ1v) is 8.71. The van der Waals surface area contributed by atoms with Crippen LogP contribution in [-0.4, -0.2) is 19.7 Å². The van der Waals surface area contributed by atoms with Crippen molar-refractivity contribution in [1.82, 2.24) is 4.98 Å². The largest absolute Gasteiger partial charge is 0.241 e. The molecule has 2 aromatic rings. The first-order chi connectivity index (χ1) is 8.68. The quantitative estimate of drug-likeness (QED) is 0.851. The predicted molar refractivity (Wildman–Crippen MR) is 79.4 cm³/mol. The summed E-state index contributed by atoms with van der Waals surface area (Å²) in [6.45, 7) is 6.38. The molecule has 0 aliphatic rings. The van der Waals surface area contributed by atoms with Crippen molar-refractivity contribution in [1.29, 1.82) is 0 Å². The second-order valence-corrected chi connectivity index (χ2v) is 8.46. The third-order valence-electron chi connectivity index (χ3n) is 2.72. The van der Waals surface area contributed by atoms with Gasteiger partial charge in [-0.05, 0) is 12.1 Å². The lowest BCUT2D eigenvalue weighted by molar-refractivity contribution is 0.586. The fourth-order valence-electron chi connectivity index (χ4n) is 1.62. The van der Waals surface area contributed by atoms with Crippen molar-refractivity contribution in [2.45, 2.75) is 31.1 Å². The van der Waals surface area contributed by atoms with Crippen molar-refractivity contribution in [2.24, 2.45) is 0 Å². The van der Waals surface area contributed by atoms with E-state index in [1.165, 1.54) is 6.26 Å². The number of thiazole rings is 1. The molecule has 0 amide bonds. The van der Waals surface area contributed by atoms with Crippen LogP contribution in [0.3, 0.4) is 0 Å². The second-order valence-electron chi connectivity index (χ2n) is 5.58. The van der Waals surface area contributed by atoms with Crippen LogP contribution in [0.15, 0.2) is 34.5 Å². The summed E-state index contributed by atoms with van der Waals surface area (Å²) < 4.78 is 22.8. The molecule has 0 fully saturated rings. The lowest BCUT2D eigenvalue weighted by Crippen LogP contribution is -2.10. The van der Waals surface area contributed by atoms with E-state index in [1.54, 1.807) is 35.6 Å². The van der Waals surface area contributed by atoms with Crippen LogP contribution in [0.5, 0.6) is 0 Å². The van der Waals surface area contributed by atoms with Crippen molar-refractivity contribution < 1.29 is 8.42 Å². The van der Waals surface area contributed by atoms with Gasteiger partial charge in [-0.3, -0.25) is 0 Å². The standard InChI is InChI=1S/C14H17NO2S2/c1-14(2,3)13-15-12(9-18-13)10-5-7-11(8-6-10)19(4,16)17/h5-9H,1-4H3. The number of rotatable bonds is 2. The fraction of sp³-hybridized carbons (Fsp3) is 0.357. The molecule has 0 aliphatic heterocycles. The van der Waals surface area contributed by atoms with Crippen LogP contribution in [0.25, 0.3) is 11.3 Å². The van der Waals surface area contributed by atoms with Crippen LogP contribution < -0.4 is 0 Å². The second kappa shape index (κ2) is 4.72. The summed E-state index contributed by atoms with van der Waals surface area (Å²) in [6, 6.07) is 6.86. The number of aromatic nitrogens is 1. The van der Waals surface area contributed by atoms with Gasteiger partial charge in [0.1, 0.15) is 0 Å². The minimum atomic E-state index is -3.14. The topological polar surface area (TPSA) is 47.0 Å². The molecule has 2 rings (SSSR count). The van der Waals surface area contributed by atoms with Gasteiger partial charge in [0.25, 0.3) is 0 Å². The van der Waals surface area contributed by atoms with Crippen molar-refractivity contribution >= 4 is 21.2 Å². The lowest BCUT2D eigenvalue weighted by Gasteiger charge is -2.13. The Hall–Kier alpha value is -1.20. The predicted octanol–water partition coefficient (Wildman–Crippen LogP) is 3.51. The lowest BCUT2D eigenvalue weighted by atomic mass is 9.98. The van der Waals surface area contributed by atoms with Crippen LogP contribution in [0, 0.1) is 0 Å². The molecule has 0 radical (unpaired) electrons. The molecule has 1 aromatic carbocycles. The molecular formula is C14H17NO2S2. The van der Waals surface area contributed by atoms with E-state index in [0.717, 1.165) is 16.3 Å². The highest BCUT2D eigenvalue weighted by Gasteiger charge is 2.18. The number of benzene rings is 1. The van der Waals surface area contributed by atoms with Gasteiger partial charge in [-0.2, -0.15) is 0 Å². The monoisotopic (exact) mass is 295 g/mol. The van der Waals surface area contributed by atoms with Crippen LogP contribution in [0.2, 0.25) is 0 Å². The Kier molecular flexibility index (Phi) is 3.53. The van der Waals surface area contributed by atoms with E-state index in [4.69, 9.17) is 0 Å². The Balaban J connectivity index is 2.36. The zero-order chi connectivity index (χ0) is 14.3. The van der Waals surface area contributed by atoms with Crippen molar-refractivity contribution in [2.75, 3.05) is 6.26 Å². The van der Waals surface area contributed by atoms with Crippen LogP contribution in [0.4, 0.5) is 0 Å². The maximum atomic E-state index is 11.4. The first kappa shape index (κ1) is 14.2. The summed E-state index contributed by atoms with van der Waals surface area (Å²) in [5.74, 6) is 0. The van der Waals surface area contributed by atoms with E-state index in [9.17, 15) is 8.42 Å². The molecule has 5 heteroatoms. The maximum Gasteiger partial charge on any atom is 0.175 e. The number of sulfone groups is 1. The minimum absolute atomic E-state index is 0.0373. The highest BCUT2D eigenvalue weighted by atomic mass is 32.2. The van der Waals surface area contributed by atoms with Gasteiger partial charge in [0.15, 0.2) is 9.84 Å². The number of hydrogen-bond acceptors (Lipinski definition) is 4. The van der Waals surface area contributed by atoms with E-state index in [0.29, 0.717) is 4.90 Å². The molecule has 3 nitrogen and oxygen atoms in total. The van der Waals surface area contributed by atoms with Gasteiger partial charge in [-0.1, -0.05) is 32.9 Å². The van der Waals surface area contributed by atoms with E-state index in [1.807, 2.05) is 5.38 Å². The molecule has 0 unspecified atom stereocenters. The van der Waals surface area contributed by atoms with Crippen molar-refractivity contribution in [3.05, 3.63) is 34.7 Å².